The van der Waals surface area contributed by atoms with E-state index in [0.717, 1.165) is 12.0 Å². The van der Waals surface area contributed by atoms with E-state index in [0.29, 0.717) is 11.7 Å². The van der Waals surface area contributed by atoms with E-state index < -0.39 is 0 Å². The summed E-state index contributed by atoms with van der Waals surface area (Å²) in [7, 11) is 0. The molecule has 1 heterocycles. The lowest BCUT2D eigenvalue weighted by atomic mass is 9.83. The fourth-order valence-electron chi connectivity index (χ4n) is 4.82. The van der Waals surface area contributed by atoms with Crippen LogP contribution < -0.4 is 5.32 Å². The highest BCUT2D eigenvalue weighted by Crippen LogP contribution is 2.44. The van der Waals surface area contributed by atoms with E-state index in [1.807, 2.05) is 0 Å². The predicted molar refractivity (Wildman–Crippen MR) is 84.0 cm³/mol. The summed E-state index contributed by atoms with van der Waals surface area (Å²) in [5.74, 6) is 0.924. The predicted octanol–water partition coefficient (Wildman–Crippen LogP) is 4.43. The van der Waals surface area contributed by atoms with Gasteiger partial charge in [-0.1, -0.05) is 26.2 Å². The van der Waals surface area contributed by atoms with Gasteiger partial charge in [0.2, 0.25) is 0 Å². The van der Waals surface area contributed by atoms with Crippen LogP contribution in [0.1, 0.15) is 84.0 Å². The summed E-state index contributed by atoms with van der Waals surface area (Å²) in [5.41, 5.74) is 0.321. The molecular formula is C18H33NO. The van der Waals surface area contributed by atoms with Gasteiger partial charge in [-0.25, -0.2) is 0 Å². The Labute approximate surface area is 125 Å². The van der Waals surface area contributed by atoms with Crippen LogP contribution in [0.15, 0.2) is 0 Å². The van der Waals surface area contributed by atoms with E-state index in [-0.39, 0.29) is 0 Å². The quantitative estimate of drug-likeness (QED) is 0.804. The minimum Gasteiger partial charge on any atom is -0.372 e. The molecule has 2 saturated carbocycles. The maximum atomic E-state index is 6.55. The minimum absolute atomic E-state index is 0.321. The summed E-state index contributed by atoms with van der Waals surface area (Å²) in [6.45, 7) is 3.45. The lowest BCUT2D eigenvalue weighted by molar-refractivity contribution is -0.0696. The number of hydrogen-bond acceptors (Lipinski definition) is 2. The van der Waals surface area contributed by atoms with Gasteiger partial charge in [-0.05, 0) is 70.3 Å². The van der Waals surface area contributed by atoms with Gasteiger partial charge in [0.1, 0.15) is 0 Å². The molecule has 0 radical (unpaired) electrons. The van der Waals surface area contributed by atoms with Crippen LogP contribution in [0.25, 0.3) is 0 Å². The average Bonchev–Trinajstić information content (AvgIpc) is 3.06. The number of hydrogen-bond donors (Lipinski definition) is 1. The molecule has 116 valence electrons. The van der Waals surface area contributed by atoms with Crippen molar-refractivity contribution < 1.29 is 4.74 Å². The van der Waals surface area contributed by atoms with Crippen LogP contribution in [0, 0.1) is 5.92 Å². The Morgan fingerprint density at radius 3 is 2.70 bits per heavy atom. The maximum absolute atomic E-state index is 6.55. The van der Waals surface area contributed by atoms with Crippen molar-refractivity contribution >= 4 is 0 Å². The van der Waals surface area contributed by atoms with Crippen LogP contribution in [-0.2, 0) is 4.74 Å². The molecule has 1 aliphatic heterocycles. The molecule has 3 fully saturated rings. The molecule has 0 aromatic heterocycles. The van der Waals surface area contributed by atoms with E-state index in [1.54, 1.807) is 0 Å². The number of rotatable bonds is 5. The van der Waals surface area contributed by atoms with Crippen molar-refractivity contribution in [3.63, 3.8) is 0 Å². The van der Waals surface area contributed by atoms with Gasteiger partial charge in [-0.15, -0.1) is 0 Å². The SMILES string of the molecule is CCCNC1CCC(CC2CCC3(CCCCC3)O2)C1. The summed E-state index contributed by atoms with van der Waals surface area (Å²) in [6, 6.07) is 0.796. The highest BCUT2D eigenvalue weighted by molar-refractivity contribution is 4.92. The van der Waals surface area contributed by atoms with E-state index in [9.17, 15) is 0 Å². The highest BCUT2D eigenvalue weighted by atomic mass is 16.5. The minimum atomic E-state index is 0.321. The van der Waals surface area contributed by atoms with Crippen molar-refractivity contribution in [3.8, 4) is 0 Å². The molecule has 3 atom stereocenters. The Hall–Kier alpha value is -0.0800. The first kappa shape index (κ1) is 14.8. The van der Waals surface area contributed by atoms with Crippen molar-refractivity contribution in [1.29, 1.82) is 0 Å². The van der Waals surface area contributed by atoms with Crippen molar-refractivity contribution in [2.45, 2.75) is 102 Å². The van der Waals surface area contributed by atoms with E-state index in [4.69, 9.17) is 4.74 Å². The van der Waals surface area contributed by atoms with Gasteiger partial charge in [0.15, 0.2) is 0 Å². The largest absolute Gasteiger partial charge is 0.372 e. The fourth-order valence-corrected chi connectivity index (χ4v) is 4.82. The lowest BCUT2D eigenvalue weighted by Crippen LogP contribution is -2.32. The van der Waals surface area contributed by atoms with E-state index >= 15 is 0 Å². The Morgan fingerprint density at radius 1 is 1.05 bits per heavy atom. The molecule has 3 aliphatic rings. The molecule has 0 bridgehead atoms. The first-order valence-corrected chi connectivity index (χ1v) is 9.21. The van der Waals surface area contributed by atoms with E-state index in [2.05, 4.69) is 12.2 Å². The fraction of sp³-hybridized carbons (Fsp3) is 1.00. The van der Waals surface area contributed by atoms with Gasteiger partial charge in [-0.2, -0.15) is 0 Å². The molecule has 2 nitrogen and oxygen atoms in total. The summed E-state index contributed by atoms with van der Waals surface area (Å²) in [5, 5.41) is 3.70. The zero-order chi connectivity index (χ0) is 13.8. The van der Waals surface area contributed by atoms with Gasteiger partial charge < -0.3 is 10.1 Å². The molecule has 1 spiro atoms. The van der Waals surface area contributed by atoms with Crippen molar-refractivity contribution in [2.75, 3.05) is 6.54 Å². The first-order valence-electron chi connectivity index (χ1n) is 9.21. The van der Waals surface area contributed by atoms with Gasteiger partial charge in [0.25, 0.3) is 0 Å². The Kier molecular flexibility index (Phi) is 5.04. The summed E-state index contributed by atoms with van der Waals surface area (Å²) >= 11 is 0. The second kappa shape index (κ2) is 6.79. The van der Waals surface area contributed by atoms with E-state index in [1.165, 1.54) is 83.6 Å². The molecule has 1 N–H and O–H groups in total. The van der Waals surface area contributed by atoms with Crippen molar-refractivity contribution in [2.24, 2.45) is 5.92 Å². The molecule has 20 heavy (non-hydrogen) atoms. The number of ether oxygens (including phenoxy) is 1. The second-order valence-electron chi connectivity index (χ2n) is 7.59. The van der Waals surface area contributed by atoms with Gasteiger partial charge >= 0.3 is 0 Å². The molecule has 3 unspecified atom stereocenters. The van der Waals surface area contributed by atoms with Crippen molar-refractivity contribution in [1.82, 2.24) is 5.32 Å². The third-order valence-corrected chi connectivity index (χ3v) is 5.92. The van der Waals surface area contributed by atoms with Crippen LogP contribution in [0.2, 0.25) is 0 Å². The highest BCUT2D eigenvalue weighted by Gasteiger charge is 2.41. The first-order chi connectivity index (χ1) is 9.80. The Morgan fingerprint density at radius 2 is 1.90 bits per heavy atom. The topological polar surface area (TPSA) is 21.3 Å². The zero-order valence-electron chi connectivity index (χ0n) is 13.3. The average molecular weight is 279 g/mol. The van der Waals surface area contributed by atoms with Gasteiger partial charge in [0.05, 0.1) is 11.7 Å². The third kappa shape index (κ3) is 3.57. The summed E-state index contributed by atoms with van der Waals surface area (Å²) in [6.07, 6.45) is 17.0. The van der Waals surface area contributed by atoms with Crippen LogP contribution in [0.4, 0.5) is 0 Å². The molecule has 1 saturated heterocycles. The monoisotopic (exact) mass is 279 g/mol. The zero-order valence-corrected chi connectivity index (χ0v) is 13.3. The second-order valence-corrected chi connectivity index (χ2v) is 7.59. The molecule has 0 aromatic carbocycles. The van der Waals surface area contributed by atoms with Gasteiger partial charge in [-0.3, -0.25) is 0 Å². The molecule has 0 aromatic rings. The normalized spacial score (nSPS) is 36.8. The Balaban J connectivity index is 1.41. The standard InChI is InChI=1S/C18H33NO/c1-2-12-19-16-7-6-15(13-16)14-17-8-11-18(20-17)9-4-3-5-10-18/h15-17,19H,2-14H2,1H3. The van der Waals surface area contributed by atoms with Crippen LogP contribution >= 0.6 is 0 Å². The smallest absolute Gasteiger partial charge is 0.0687 e. The molecular weight excluding hydrogens is 246 g/mol. The third-order valence-electron chi connectivity index (χ3n) is 5.92. The van der Waals surface area contributed by atoms with Gasteiger partial charge in [0, 0.05) is 6.04 Å². The Bertz CT molecular complexity index is 298. The molecule has 3 rings (SSSR count). The summed E-state index contributed by atoms with van der Waals surface area (Å²) in [4.78, 5) is 0. The maximum Gasteiger partial charge on any atom is 0.0687 e. The van der Waals surface area contributed by atoms with Crippen LogP contribution in [0.5, 0.6) is 0 Å². The van der Waals surface area contributed by atoms with Crippen molar-refractivity contribution in [3.05, 3.63) is 0 Å². The van der Waals surface area contributed by atoms with Crippen LogP contribution in [0.3, 0.4) is 0 Å². The molecule has 0 amide bonds. The van der Waals surface area contributed by atoms with Crippen LogP contribution in [-0.4, -0.2) is 24.3 Å². The summed E-state index contributed by atoms with van der Waals surface area (Å²) < 4.78 is 6.55. The molecule has 2 heteroatoms. The molecule has 2 aliphatic carbocycles. The number of nitrogens with one attached hydrogen (secondary N) is 1. The lowest BCUT2D eigenvalue weighted by Gasteiger charge is -2.33.